The molecule has 3 aliphatic rings. The molecule has 0 aromatic heterocycles. The van der Waals surface area contributed by atoms with Gasteiger partial charge < -0.3 is 14.8 Å². The molecule has 0 amide bonds. The van der Waals surface area contributed by atoms with Crippen LogP contribution in [0.15, 0.2) is 48.5 Å². The first-order chi connectivity index (χ1) is 15.2. The molecule has 1 unspecified atom stereocenters. The number of benzene rings is 2. The molecule has 3 aliphatic heterocycles. The number of hydrogen-bond donors (Lipinski definition) is 1. The quantitative estimate of drug-likeness (QED) is 0.590. The number of nitrogens with zero attached hydrogens (tertiary/aromatic N) is 1. The molecule has 2 bridgehead atoms. The monoisotopic (exact) mass is 476 g/mol. The smallest absolute Gasteiger partial charge is 0.176 e. The Bertz CT molecular complexity index is 913. The van der Waals surface area contributed by atoms with Crippen molar-refractivity contribution >= 4 is 29.8 Å². The summed E-state index contributed by atoms with van der Waals surface area (Å²) in [6.45, 7) is 2.84. The molecule has 2 saturated heterocycles. The van der Waals surface area contributed by atoms with E-state index in [4.69, 9.17) is 21.1 Å². The number of carbonyl (C=O) groups excluding carboxylic acids is 1. The molecule has 3 heterocycles. The maximum atomic E-state index is 12.7. The van der Waals surface area contributed by atoms with E-state index in [0.717, 1.165) is 43.0 Å². The highest BCUT2D eigenvalue weighted by atomic mass is 35.5. The van der Waals surface area contributed by atoms with Gasteiger partial charge in [0, 0.05) is 35.3 Å². The largest absolute Gasteiger partial charge is 0.486 e. The third kappa shape index (κ3) is 5.23. The molecule has 0 saturated carbocycles. The number of nitrogens with one attached hydrogen (secondary N) is 1. The normalized spacial score (nSPS) is 26.4. The fraction of sp³-hybridized carbons (Fsp3) is 0.480. The molecule has 7 heteroatoms. The summed E-state index contributed by atoms with van der Waals surface area (Å²) in [6, 6.07) is 16.2. The van der Waals surface area contributed by atoms with E-state index in [2.05, 4.69) is 10.2 Å². The second-order valence-corrected chi connectivity index (χ2v) is 9.42. The lowest BCUT2D eigenvalue weighted by atomic mass is 9.90. The number of piperidine rings is 1. The van der Waals surface area contributed by atoms with Gasteiger partial charge in [-0.2, -0.15) is 0 Å². The number of Topliss-reactive ketones (excluding diaryl/α,β-unsaturated/α-hetero) is 1. The van der Waals surface area contributed by atoms with E-state index < -0.39 is 0 Å². The summed E-state index contributed by atoms with van der Waals surface area (Å²) in [5.74, 6) is 2.37. The van der Waals surface area contributed by atoms with Gasteiger partial charge in [0.15, 0.2) is 17.3 Å². The van der Waals surface area contributed by atoms with Gasteiger partial charge in [0.1, 0.15) is 12.7 Å². The number of carbonyl (C=O) groups is 1. The van der Waals surface area contributed by atoms with Crippen LogP contribution in [0.1, 0.15) is 36.0 Å². The SMILES string of the molecule is Cl.O=C(CN1[C@@H]2CC[C@H]1CC(CNC[C@H]1COc3ccc(Cl)cc3O1)C2)c1ccccc1. The Morgan fingerprint density at radius 1 is 1.03 bits per heavy atom. The van der Waals surface area contributed by atoms with Crippen molar-refractivity contribution in [1.82, 2.24) is 10.2 Å². The van der Waals surface area contributed by atoms with E-state index >= 15 is 0 Å². The van der Waals surface area contributed by atoms with Crippen LogP contribution in [0.3, 0.4) is 0 Å². The van der Waals surface area contributed by atoms with Crippen LogP contribution < -0.4 is 14.8 Å². The zero-order valence-corrected chi connectivity index (χ0v) is 19.6. The molecule has 5 rings (SSSR count). The molecular formula is C25H30Cl2N2O3. The summed E-state index contributed by atoms with van der Waals surface area (Å²) in [6.07, 6.45) is 4.73. The highest BCUT2D eigenvalue weighted by Crippen LogP contribution is 2.38. The van der Waals surface area contributed by atoms with E-state index in [1.165, 1.54) is 12.8 Å². The van der Waals surface area contributed by atoms with Gasteiger partial charge in [-0.05, 0) is 50.3 Å². The van der Waals surface area contributed by atoms with Gasteiger partial charge in [-0.15, -0.1) is 12.4 Å². The first-order valence-corrected chi connectivity index (χ1v) is 11.7. The van der Waals surface area contributed by atoms with Crippen LogP contribution in [0.4, 0.5) is 0 Å². The Balaban J connectivity index is 0.00000245. The van der Waals surface area contributed by atoms with Gasteiger partial charge in [0.25, 0.3) is 0 Å². The lowest BCUT2D eigenvalue weighted by Gasteiger charge is -2.39. The summed E-state index contributed by atoms with van der Waals surface area (Å²) >= 11 is 6.07. The van der Waals surface area contributed by atoms with Gasteiger partial charge >= 0.3 is 0 Å². The van der Waals surface area contributed by atoms with Crippen LogP contribution in [0, 0.1) is 5.92 Å². The van der Waals surface area contributed by atoms with Gasteiger partial charge in [-0.25, -0.2) is 0 Å². The lowest BCUT2D eigenvalue weighted by Crippen LogP contribution is -2.48. The van der Waals surface area contributed by atoms with Crippen molar-refractivity contribution in [1.29, 1.82) is 0 Å². The van der Waals surface area contributed by atoms with E-state index in [1.54, 1.807) is 0 Å². The van der Waals surface area contributed by atoms with E-state index in [1.807, 2.05) is 48.5 Å². The average molecular weight is 477 g/mol. The van der Waals surface area contributed by atoms with Gasteiger partial charge in [-0.3, -0.25) is 9.69 Å². The molecule has 2 aromatic carbocycles. The van der Waals surface area contributed by atoms with Crippen molar-refractivity contribution in [3.63, 3.8) is 0 Å². The predicted molar refractivity (Wildman–Crippen MR) is 128 cm³/mol. The third-order valence-electron chi connectivity index (χ3n) is 6.83. The Labute approximate surface area is 200 Å². The van der Waals surface area contributed by atoms with Crippen LogP contribution in [0.2, 0.25) is 5.02 Å². The van der Waals surface area contributed by atoms with E-state index in [9.17, 15) is 4.79 Å². The first kappa shape index (κ1) is 23.4. The highest BCUT2D eigenvalue weighted by molar-refractivity contribution is 6.30. The van der Waals surface area contributed by atoms with Crippen molar-refractivity contribution in [2.75, 3.05) is 26.2 Å². The lowest BCUT2D eigenvalue weighted by molar-refractivity contribution is 0.0713. The van der Waals surface area contributed by atoms with Crippen LogP contribution in [-0.2, 0) is 0 Å². The van der Waals surface area contributed by atoms with Crippen molar-refractivity contribution < 1.29 is 14.3 Å². The minimum Gasteiger partial charge on any atom is -0.486 e. The molecular weight excluding hydrogens is 447 g/mol. The zero-order chi connectivity index (χ0) is 21.2. The maximum Gasteiger partial charge on any atom is 0.176 e. The standard InChI is InChI=1S/C25H29ClN2O3.ClH/c26-19-6-9-24-25(12-19)31-22(16-30-24)14-27-13-17-10-20-7-8-21(11-17)28(20)15-23(29)18-4-2-1-3-5-18;/h1-6,9,12,17,20-22,27H,7-8,10-11,13-16H2;1H/t17?,20-,21+,22-;/m0./s1. The Morgan fingerprint density at radius 2 is 1.78 bits per heavy atom. The van der Waals surface area contributed by atoms with Gasteiger partial charge in [-0.1, -0.05) is 41.9 Å². The van der Waals surface area contributed by atoms with Crippen molar-refractivity contribution in [3.05, 3.63) is 59.1 Å². The van der Waals surface area contributed by atoms with Crippen LogP contribution in [0.25, 0.3) is 0 Å². The second-order valence-electron chi connectivity index (χ2n) is 8.98. The summed E-state index contributed by atoms with van der Waals surface area (Å²) in [4.78, 5) is 15.1. The minimum absolute atomic E-state index is 0. The molecule has 172 valence electrons. The predicted octanol–water partition coefficient (Wildman–Crippen LogP) is 4.62. The molecule has 5 nitrogen and oxygen atoms in total. The van der Waals surface area contributed by atoms with Crippen molar-refractivity contribution in [2.24, 2.45) is 5.92 Å². The van der Waals surface area contributed by atoms with E-state index in [0.29, 0.717) is 36.2 Å². The molecule has 32 heavy (non-hydrogen) atoms. The summed E-state index contributed by atoms with van der Waals surface area (Å²) in [5, 5.41) is 4.25. The first-order valence-electron chi connectivity index (χ1n) is 11.3. The minimum atomic E-state index is -0.00808. The molecule has 2 aromatic rings. The molecule has 0 aliphatic carbocycles. The second kappa shape index (κ2) is 10.4. The Hall–Kier alpha value is -1.79. The Morgan fingerprint density at radius 3 is 2.53 bits per heavy atom. The fourth-order valence-corrected chi connectivity index (χ4v) is 5.49. The number of fused-ring (bicyclic) bond motifs is 3. The molecule has 0 radical (unpaired) electrons. The number of rotatable bonds is 7. The number of hydrogen-bond acceptors (Lipinski definition) is 5. The van der Waals surface area contributed by atoms with Crippen molar-refractivity contribution in [2.45, 2.75) is 43.9 Å². The third-order valence-corrected chi connectivity index (χ3v) is 7.07. The number of ketones is 1. The number of ether oxygens (including phenoxy) is 2. The molecule has 0 spiro atoms. The molecule has 4 atom stereocenters. The summed E-state index contributed by atoms with van der Waals surface area (Å²) in [7, 11) is 0. The van der Waals surface area contributed by atoms with Crippen LogP contribution in [0.5, 0.6) is 11.5 Å². The fourth-order valence-electron chi connectivity index (χ4n) is 5.33. The van der Waals surface area contributed by atoms with Gasteiger partial charge in [0.05, 0.1) is 6.54 Å². The summed E-state index contributed by atoms with van der Waals surface area (Å²) in [5.41, 5.74) is 0.822. The van der Waals surface area contributed by atoms with E-state index in [-0.39, 0.29) is 24.3 Å². The molecule has 2 fully saturated rings. The Kier molecular flexibility index (Phi) is 7.62. The van der Waals surface area contributed by atoms with Gasteiger partial charge in [0.2, 0.25) is 0 Å². The average Bonchev–Trinajstić information content (AvgIpc) is 3.01. The summed E-state index contributed by atoms with van der Waals surface area (Å²) < 4.78 is 11.8. The highest BCUT2D eigenvalue weighted by Gasteiger charge is 2.41. The van der Waals surface area contributed by atoms with Crippen LogP contribution in [-0.4, -0.2) is 55.1 Å². The van der Waals surface area contributed by atoms with Crippen molar-refractivity contribution in [3.8, 4) is 11.5 Å². The number of halogens is 2. The zero-order valence-electron chi connectivity index (χ0n) is 18.0. The maximum absolute atomic E-state index is 12.7. The topological polar surface area (TPSA) is 50.8 Å². The van der Waals surface area contributed by atoms with Crippen LogP contribution >= 0.6 is 24.0 Å². The molecule has 1 N–H and O–H groups in total.